The first-order chi connectivity index (χ1) is 11.6. The number of aliphatic hydroxyl groups is 1. The van der Waals surface area contributed by atoms with Crippen molar-refractivity contribution < 1.29 is 14.7 Å². The van der Waals surface area contributed by atoms with Crippen LogP contribution in [0, 0.1) is 11.8 Å². The Morgan fingerprint density at radius 2 is 2.12 bits per heavy atom. The molecule has 2 fully saturated rings. The molecule has 5 heteroatoms. The number of nitrogens with zero attached hydrogens (tertiary/aromatic N) is 1. The van der Waals surface area contributed by atoms with Crippen molar-refractivity contribution in [2.45, 2.75) is 45.1 Å². The van der Waals surface area contributed by atoms with Crippen LogP contribution in [0.15, 0.2) is 24.3 Å². The highest BCUT2D eigenvalue weighted by Gasteiger charge is 2.39. The molecule has 1 saturated carbocycles. The van der Waals surface area contributed by atoms with E-state index >= 15 is 0 Å². The van der Waals surface area contributed by atoms with Gasteiger partial charge < -0.3 is 15.3 Å². The summed E-state index contributed by atoms with van der Waals surface area (Å²) in [5, 5.41) is 12.1. The SMILES string of the molecule is CC1CC1C(=O)Nc1cccc(C(=O)N2CCCCC2CCO)c1. The Hall–Kier alpha value is -1.88. The average Bonchev–Trinajstić information content (AvgIpc) is 3.32. The third kappa shape index (κ3) is 3.78. The molecular weight excluding hydrogens is 304 g/mol. The Labute approximate surface area is 143 Å². The Morgan fingerprint density at radius 3 is 2.83 bits per heavy atom. The Morgan fingerprint density at radius 1 is 1.33 bits per heavy atom. The fraction of sp³-hybridized carbons (Fsp3) is 0.579. The molecule has 3 atom stereocenters. The predicted octanol–water partition coefficient (Wildman–Crippen LogP) is 2.66. The molecule has 0 bridgehead atoms. The summed E-state index contributed by atoms with van der Waals surface area (Å²) in [7, 11) is 0. The third-order valence-electron chi connectivity index (χ3n) is 5.17. The fourth-order valence-electron chi connectivity index (χ4n) is 3.54. The van der Waals surface area contributed by atoms with E-state index in [1.54, 1.807) is 12.1 Å². The van der Waals surface area contributed by atoms with Crippen LogP contribution in [0.3, 0.4) is 0 Å². The van der Waals surface area contributed by atoms with Gasteiger partial charge in [0.2, 0.25) is 5.91 Å². The summed E-state index contributed by atoms with van der Waals surface area (Å²) in [6.07, 6.45) is 4.62. The molecule has 2 N–H and O–H groups in total. The predicted molar refractivity (Wildman–Crippen MR) is 92.7 cm³/mol. The lowest BCUT2D eigenvalue weighted by Crippen LogP contribution is -2.44. The third-order valence-corrected chi connectivity index (χ3v) is 5.17. The molecule has 3 unspecified atom stereocenters. The molecule has 1 aromatic carbocycles. The zero-order valence-electron chi connectivity index (χ0n) is 14.2. The van der Waals surface area contributed by atoms with Gasteiger partial charge in [0.25, 0.3) is 5.91 Å². The molecule has 130 valence electrons. The van der Waals surface area contributed by atoms with Gasteiger partial charge in [0.15, 0.2) is 0 Å². The van der Waals surface area contributed by atoms with Gasteiger partial charge in [-0.15, -0.1) is 0 Å². The smallest absolute Gasteiger partial charge is 0.254 e. The molecule has 1 saturated heterocycles. The van der Waals surface area contributed by atoms with E-state index in [4.69, 9.17) is 0 Å². The summed E-state index contributed by atoms with van der Waals surface area (Å²) >= 11 is 0. The van der Waals surface area contributed by atoms with E-state index in [2.05, 4.69) is 12.2 Å². The molecule has 0 radical (unpaired) electrons. The van der Waals surface area contributed by atoms with Crippen LogP contribution >= 0.6 is 0 Å². The maximum Gasteiger partial charge on any atom is 0.254 e. The van der Waals surface area contributed by atoms with Gasteiger partial charge in [-0.1, -0.05) is 13.0 Å². The van der Waals surface area contributed by atoms with Gasteiger partial charge in [-0.2, -0.15) is 0 Å². The molecule has 0 spiro atoms. The van der Waals surface area contributed by atoms with Crippen LogP contribution in [-0.4, -0.2) is 41.0 Å². The first kappa shape index (κ1) is 17.0. The zero-order valence-corrected chi connectivity index (χ0v) is 14.2. The highest BCUT2D eigenvalue weighted by Crippen LogP contribution is 2.38. The zero-order chi connectivity index (χ0) is 17.1. The van der Waals surface area contributed by atoms with Crippen molar-refractivity contribution in [2.75, 3.05) is 18.5 Å². The van der Waals surface area contributed by atoms with E-state index in [9.17, 15) is 14.7 Å². The normalized spacial score (nSPS) is 26.1. The Bertz CT molecular complexity index is 614. The summed E-state index contributed by atoms with van der Waals surface area (Å²) in [5.74, 6) is 0.607. The summed E-state index contributed by atoms with van der Waals surface area (Å²) < 4.78 is 0. The van der Waals surface area contributed by atoms with Crippen molar-refractivity contribution in [3.63, 3.8) is 0 Å². The van der Waals surface area contributed by atoms with E-state index in [1.807, 2.05) is 17.0 Å². The lowest BCUT2D eigenvalue weighted by atomic mass is 9.98. The maximum atomic E-state index is 12.9. The van der Waals surface area contributed by atoms with Crippen LogP contribution in [0.4, 0.5) is 5.69 Å². The molecule has 2 amide bonds. The van der Waals surface area contributed by atoms with Crippen molar-refractivity contribution in [3.05, 3.63) is 29.8 Å². The minimum atomic E-state index is -0.0101. The monoisotopic (exact) mass is 330 g/mol. The summed E-state index contributed by atoms with van der Waals surface area (Å²) in [4.78, 5) is 26.8. The number of rotatable bonds is 5. The van der Waals surface area contributed by atoms with E-state index in [0.717, 1.165) is 32.2 Å². The van der Waals surface area contributed by atoms with Crippen molar-refractivity contribution in [1.29, 1.82) is 0 Å². The van der Waals surface area contributed by atoms with Crippen molar-refractivity contribution in [3.8, 4) is 0 Å². The fourth-order valence-corrected chi connectivity index (χ4v) is 3.54. The number of likely N-dealkylation sites (tertiary alicyclic amines) is 1. The topological polar surface area (TPSA) is 69.6 Å². The second-order valence-electron chi connectivity index (χ2n) is 7.05. The van der Waals surface area contributed by atoms with Crippen LogP contribution in [0.2, 0.25) is 0 Å². The van der Waals surface area contributed by atoms with Gasteiger partial charge >= 0.3 is 0 Å². The standard InChI is InChI=1S/C19H26N2O3/c1-13-11-17(13)18(23)20-15-6-4-5-14(12-15)19(24)21-9-3-2-7-16(21)8-10-22/h4-6,12-13,16-17,22H,2-3,7-11H2,1H3,(H,20,23). The quantitative estimate of drug-likeness (QED) is 0.872. The van der Waals surface area contributed by atoms with Crippen molar-refractivity contribution >= 4 is 17.5 Å². The highest BCUT2D eigenvalue weighted by molar-refractivity contribution is 5.98. The lowest BCUT2D eigenvalue weighted by molar-refractivity contribution is -0.117. The number of carbonyl (C=O) groups excluding carboxylic acids is 2. The number of amides is 2. The molecule has 1 aliphatic carbocycles. The Kier molecular flexibility index (Phi) is 5.19. The average molecular weight is 330 g/mol. The van der Waals surface area contributed by atoms with Crippen LogP contribution in [-0.2, 0) is 4.79 Å². The maximum absolute atomic E-state index is 12.9. The second-order valence-corrected chi connectivity index (χ2v) is 7.05. The number of aliphatic hydroxyl groups excluding tert-OH is 1. The van der Waals surface area contributed by atoms with Gasteiger partial charge in [-0.05, 0) is 56.2 Å². The van der Waals surface area contributed by atoms with E-state index < -0.39 is 0 Å². The lowest BCUT2D eigenvalue weighted by Gasteiger charge is -2.35. The van der Waals surface area contributed by atoms with Gasteiger partial charge in [-0.25, -0.2) is 0 Å². The number of carbonyl (C=O) groups is 2. The van der Waals surface area contributed by atoms with Gasteiger partial charge in [0.1, 0.15) is 0 Å². The molecule has 1 aromatic rings. The van der Waals surface area contributed by atoms with Gasteiger partial charge in [-0.3, -0.25) is 9.59 Å². The van der Waals surface area contributed by atoms with Crippen LogP contribution in [0.1, 0.15) is 49.4 Å². The van der Waals surface area contributed by atoms with Crippen molar-refractivity contribution in [2.24, 2.45) is 11.8 Å². The Balaban J connectivity index is 1.70. The first-order valence-electron chi connectivity index (χ1n) is 8.93. The molecular formula is C19H26N2O3. The minimum Gasteiger partial charge on any atom is -0.396 e. The van der Waals surface area contributed by atoms with E-state index in [-0.39, 0.29) is 30.4 Å². The largest absolute Gasteiger partial charge is 0.396 e. The molecule has 5 nitrogen and oxygen atoms in total. The molecule has 2 aliphatic rings. The van der Waals surface area contributed by atoms with Crippen molar-refractivity contribution in [1.82, 2.24) is 4.90 Å². The molecule has 24 heavy (non-hydrogen) atoms. The first-order valence-corrected chi connectivity index (χ1v) is 8.93. The molecule has 1 aliphatic heterocycles. The van der Waals surface area contributed by atoms with Crippen LogP contribution in [0.25, 0.3) is 0 Å². The number of anilines is 1. The van der Waals surface area contributed by atoms with Crippen LogP contribution in [0.5, 0.6) is 0 Å². The summed E-state index contributed by atoms with van der Waals surface area (Å²) in [6, 6.07) is 7.30. The van der Waals surface area contributed by atoms with Gasteiger partial charge in [0, 0.05) is 36.4 Å². The highest BCUT2D eigenvalue weighted by atomic mass is 16.3. The number of piperidine rings is 1. The minimum absolute atomic E-state index is 0.0101. The van der Waals surface area contributed by atoms with Gasteiger partial charge in [0.05, 0.1) is 0 Å². The van der Waals surface area contributed by atoms with E-state index in [1.165, 1.54) is 0 Å². The van der Waals surface area contributed by atoms with Crippen LogP contribution < -0.4 is 5.32 Å². The summed E-state index contributed by atoms with van der Waals surface area (Å²) in [5.41, 5.74) is 1.28. The number of nitrogens with one attached hydrogen (secondary N) is 1. The molecule has 3 rings (SSSR count). The summed E-state index contributed by atoms with van der Waals surface area (Å²) in [6.45, 7) is 2.91. The van der Waals surface area contributed by atoms with E-state index in [0.29, 0.717) is 23.6 Å². The second kappa shape index (κ2) is 7.34. The molecule has 1 heterocycles. The molecule has 0 aromatic heterocycles. The number of hydrogen-bond donors (Lipinski definition) is 2. The number of benzene rings is 1. The number of hydrogen-bond acceptors (Lipinski definition) is 3.